The summed E-state index contributed by atoms with van der Waals surface area (Å²) in [5.74, 6) is 1.29. The molecule has 0 saturated carbocycles. The van der Waals surface area contributed by atoms with Gasteiger partial charge < -0.3 is 14.6 Å². The highest BCUT2D eigenvalue weighted by molar-refractivity contribution is 9.10. The van der Waals surface area contributed by atoms with Gasteiger partial charge in [-0.1, -0.05) is 23.4 Å². The first kappa shape index (κ1) is 19.8. The molecule has 0 aliphatic heterocycles. The monoisotopic (exact) mass is 464 g/mol. The zero-order valence-electron chi connectivity index (χ0n) is 16.0. The molecular weight excluding hydrogens is 448 g/mol. The van der Waals surface area contributed by atoms with Crippen LogP contribution < -0.4 is 10.1 Å². The molecule has 0 aliphatic carbocycles. The number of hydrogen-bond acceptors (Lipinski definition) is 6. The molecule has 30 heavy (non-hydrogen) atoms. The van der Waals surface area contributed by atoms with Gasteiger partial charge in [0, 0.05) is 28.1 Å². The first-order valence-corrected chi connectivity index (χ1v) is 9.89. The van der Waals surface area contributed by atoms with Crippen LogP contribution in [0.25, 0.3) is 11.4 Å². The molecule has 2 heterocycles. The number of methoxy groups -OCH3 is 1. The number of ether oxygens (including phenoxy) is 1. The summed E-state index contributed by atoms with van der Waals surface area (Å²) < 4.78 is 11.3. The highest BCUT2D eigenvalue weighted by Gasteiger charge is 2.15. The summed E-state index contributed by atoms with van der Waals surface area (Å²) in [6.45, 7) is 0. The quantitative estimate of drug-likeness (QED) is 0.442. The van der Waals surface area contributed by atoms with E-state index in [0.29, 0.717) is 39.6 Å². The zero-order chi connectivity index (χ0) is 20.9. The van der Waals surface area contributed by atoms with Crippen molar-refractivity contribution in [1.82, 2.24) is 15.1 Å². The van der Waals surface area contributed by atoms with E-state index in [4.69, 9.17) is 9.26 Å². The maximum absolute atomic E-state index is 12.8. The summed E-state index contributed by atoms with van der Waals surface area (Å²) in [5, 5.41) is 6.99. The predicted octanol–water partition coefficient (Wildman–Crippen LogP) is 4.75. The minimum Gasteiger partial charge on any atom is -0.497 e. The van der Waals surface area contributed by atoms with Gasteiger partial charge in [0.15, 0.2) is 0 Å². The first-order valence-electron chi connectivity index (χ1n) is 9.10. The third-order valence-corrected chi connectivity index (χ3v) is 5.12. The van der Waals surface area contributed by atoms with Crippen molar-refractivity contribution in [2.24, 2.45) is 0 Å². The van der Waals surface area contributed by atoms with Crippen molar-refractivity contribution >= 4 is 27.5 Å². The molecule has 4 rings (SSSR count). The smallest absolute Gasteiger partial charge is 0.256 e. The van der Waals surface area contributed by atoms with Crippen LogP contribution in [-0.4, -0.2) is 28.1 Å². The largest absolute Gasteiger partial charge is 0.497 e. The van der Waals surface area contributed by atoms with E-state index in [0.717, 1.165) is 11.1 Å². The van der Waals surface area contributed by atoms with Gasteiger partial charge in [-0.25, -0.2) is 0 Å². The van der Waals surface area contributed by atoms with E-state index in [-0.39, 0.29) is 5.91 Å². The molecule has 0 bridgehead atoms. The molecule has 7 nitrogen and oxygen atoms in total. The van der Waals surface area contributed by atoms with E-state index in [1.807, 2.05) is 36.4 Å². The SMILES string of the molecule is COc1ccc(Br)c(C(=O)Nc2ccccc2Cc2nc(-c3ccncc3)no2)c1. The molecule has 1 amide bonds. The number of nitrogens with zero attached hydrogens (tertiary/aromatic N) is 3. The van der Waals surface area contributed by atoms with Gasteiger partial charge in [-0.15, -0.1) is 0 Å². The van der Waals surface area contributed by atoms with Crippen LogP contribution in [0.3, 0.4) is 0 Å². The number of carbonyl (C=O) groups is 1. The van der Waals surface area contributed by atoms with Crippen molar-refractivity contribution in [2.75, 3.05) is 12.4 Å². The number of anilines is 1. The maximum Gasteiger partial charge on any atom is 0.256 e. The fraction of sp³-hybridized carbons (Fsp3) is 0.0909. The summed E-state index contributed by atoms with van der Waals surface area (Å²) in [4.78, 5) is 21.3. The zero-order valence-corrected chi connectivity index (χ0v) is 17.6. The van der Waals surface area contributed by atoms with Crippen LogP contribution in [0.1, 0.15) is 21.8 Å². The number of aromatic nitrogens is 3. The number of halogens is 1. The topological polar surface area (TPSA) is 90.1 Å². The number of nitrogens with one attached hydrogen (secondary N) is 1. The molecule has 2 aromatic carbocycles. The van der Waals surface area contributed by atoms with E-state index < -0.39 is 0 Å². The molecule has 4 aromatic rings. The first-order chi connectivity index (χ1) is 14.6. The Bertz CT molecular complexity index is 1180. The molecule has 0 aliphatic rings. The second-order valence-corrected chi connectivity index (χ2v) is 7.24. The fourth-order valence-corrected chi connectivity index (χ4v) is 3.33. The van der Waals surface area contributed by atoms with Crippen molar-refractivity contribution in [3.63, 3.8) is 0 Å². The molecule has 0 atom stereocenters. The summed E-state index contributed by atoms with van der Waals surface area (Å²) in [6, 6.07) is 16.4. The van der Waals surface area contributed by atoms with Gasteiger partial charge in [-0.2, -0.15) is 4.98 Å². The third kappa shape index (κ3) is 4.38. The number of hydrogen-bond donors (Lipinski definition) is 1. The number of amides is 1. The van der Waals surface area contributed by atoms with Crippen LogP contribution in [0.2, 0.25) is 0 Å². The number of benzene rings is 2. The lowest BCUT2D eigenvalue weighted by molar-refractivity contribution is 0.102. The normalized spacial score (nSPS) is 10.6. The van der Waals surface area contributed by atoms with Gasteiger partial charge in [0.1, 0.15) is 5.75 Å². The molecular formula is C22H17BrN4O3. The number of carbonyl (C=O) groups excluding carboxylic acids is 1. The molecule has 2 aromatic heterocycles. The van der Waals surface area contributed by atoms with Gasteiger partial charge in [0.2, 0.25) is 11.7 Å². The van der Waals surface area contributed by atoms with Crippen molar-refractivity contribution in [3.05, 3.63) is 88.5 Å². The Morgan fingerprint density at radius 1 is 1.13 bits per heavy atom. The summed E-state index contributed by atoms with van der Waals surface area (Å²) in [6.07, 6.45) is 3.73. The molecule has 8 heteroatoms. The van der Waals surface area contributed by atoms with Crippen LogP contribution in [-0.2, 0) is 6.42 Å². The highest BCUT2D eigenvalue weighted by Crippen LogP contribution is 2.25. The summed E-state index contributed by atoms with van der Waals surface area (Å²) >= 11 is 3.42. The number of pyridine rings is 1. The highest BCUT2D eigenvalue weighted by atomic mass is 79.9. The van der Waals surface area contributed by atoms with E-state index in [9.17, 15) is 4.79 Å². The average Bonchev–Trinajstić information content (AvgIpc) is 3.24. The maximum atomic E-state index is 12.8. The van der Waals surface area contributed by atoms with Crippen LogP contribution >= 0.6 is 15.9 Å². The fourth-order valence-electron chi connectivity index (χ4n) is 2.90. The lowest BCUT2D eigenvalue weighted by Crippen LogP contribution is -2.14. The standard InChI is InChI=1S/C22H17BrN4O3/c1-29-16-6-7-18(23)17(13-16)22(28)25-19-5-3-2-4-15(19)12-20-26-21(27-30-20)14-8-10-24-11-9-14/h2-11,13H,12H2,1H3,(H,25,28). The Hall–Kier alpha value is -3.52. The Morgan fingerprint density at radius 2 is 1.93 bits per heavy atom. The average molecular weight is 465 g/mol. The summed E-state index contributed by atoms with van der Waals surface area (Å²) in [7, 11) is 1.56. The molecule has 150 valence electrons. The van der Waals surface area contributed by atoms with Gasteiger partial charge in [-0.3, -0.25) is 9.78 Å². The second-order valence-electron chi connectivity index (χ2n) is 6.38. The van der Waals surface area contributed by atoms with E-state index in [1.165, 1.54) is 0 Å². The lowest BCUT2D eigenvalue weighted by Gasteiger charge is -2.11. The molecule has 0 unspecified atom stereocenters. The molecule has 0 fully saturated rings. The predicted molar refractivity (Wildman–Crippen MR) is 115 cm³/mol. The van der Waals surface area contributed by atoms with Gasteiger partial charge in [0.05, 0.1) is 19.1 Å². The Morgan fingerprint density at radius 3 is 2.73 bits per heavy atom. The van der Waals surface area contributed by atoms with Crippen molar-refractivity contribution in [3.8, 4) is 17.1 Å². The minimum atomic E-state index is -0.253. The minimum absolute atomic E-state index is 0.253. The van der Waals surface area contributed by atoms with Crippen LogP contribution in [0.5, 0.6) is 5.75 Å². The van der Waals surface area contributed by atoms with E-state index >= 15 is 0 Å². The second kappa shape index (κ2) is 8.87. The molecule has 0 saturated heterocycles. The Balaban J connectivity index is 1.55. The number of para-hydroxylation sites is 1. The van der Waals surface area contributed by atoms with Crippen molar-refractivity contribution < 1.29 is 14.1 Å². The van der Waals surface area contributed by atoms with Crippen LogP contribution in [0, 0.1) is 0 Å². The van der Waals surface area contributed by atoms with Gasteiger partial charge in [0.25, 0.3) is 5.91 Å². The molecule has 1 N–H and O–H groups in total. The lowest BCUT2D eigenvalue weighted by atomic mass is 10.1. The van der Waals surface area contributed by atoms with Gasteiger partial charge >= 0.3 is 0 Å². The molecule has 0 spiro atoms. The van der Waals surface area contributed by atoms with Crippen LogP contribution in [0.4, 0.5) is 5.69 Å². The van der Waals surface area contributed by atoms with E-state index in [2.05, 4.69) is 36.4 Å². The number of rotatable bonds is 6. The van der Waals surface area contributed by atoms with E-state index in [1.54, 1.807) is 37.7 Å². The van der Waals surface area contributed by atoms with Crippen molar-refractivity contribution in [1.29, 1.82) is 0 Å². The Labute approximate surface area is 181 Å². The van der Waals surface area contributed by atoms with Crippen LogP contribution in [0.15, 0.2) is 76.0 Å². The summed E-state index contributed by atoms with van der Waals surface area (Å²) in [5.41, 5.74) is 2.82. The molecule has 0 radical (unpaired) electrons. The third-order valence-electron chi connectivity index (χ3n) is 4.43. The Kier molecular flexibility index (Phi) is 5.85. The van der Waals surface area contributed by atoms with Gasteiger partial charge in [-0.05, 0) is 57.9 Å². The van der Waals surface area contributed by atoms with Crippen molar-refractivity contribution in [2.45, 2.75) is 6.42 Å².